The molecule has 0 atom stereocenters. The van der Waals surface area contributed by atoms with Gasteiger partial charge in [0, 0.05) is 18.7 Å². The summed E-state index contributed by atoms with van der Waals surface area (Å²) in [6, 6.07) is 14.5. The van der Waals surface area contributed by atoms with E-state index in [1.165, 1.54) is 0 Å². The summed E-state index contributed by atoms with van der Waals surface area (Å²) in [6.07, 6.45) is 0.810. The van der Waals surface area contributed by atoms with Gasteiger partial charge in [-0.05, 0) is 30.5 Å². The lowest BCUT2D eigenvalue weighted by atomic mass is 10.1. The zero-order chi connectivity index (χ0) is 24.5. The number of hydrogen-bond acceptors (Lipinski definition) is 7. The fourth-order valence-corrected chi connectivity index (χ4v) is 4.07. The van der Waals surface area contributed by atoms with Crippen LogP contribution in [0.15, 0.2) is 58.5 Å². The number of hydrogen-bond donors (Lipinski definition) is 1. The Balaban J connectivity index is 1.57. The van der Waals surface area contributed by atoms with Gasteiger partial charge in [-0.25, -0.2) is 4.98 Å². The van der Waals surface area contributed by atoms with E-state index in [1.807, 2.05) is 24.3 Å². The third-order valence-electron chi connectivity index (χ3n) is 5.11. The van der Waals surface area contributed by atoms with Gasteiger partial charge in [0.05, 0.1) is 23.8 Å². The van der Waals surface area contributed by atoms with E-state index >= 15 is 0 Å². The minimum atomic E-state index is -0.560. The molecule has 0 aliphatic heterocycles. The Labute approximate surface area is 202 Å². The topological polar surface area (TPSA) is 99.5 Å². The number of carbonyl (C=O) groups is 2. The number of carbonyl (C=O) groups excluding carboxylic acids is 2. The van der Waals surface area contributed by atoms with Crippen LogP contribution in [-0.2, 0) is 27.4 Å². The highest BCUT2D eigenvalue weighted by Crippen LogP contribution is 2.19. The molecule has 3 aromatic rings. The monoisotopic (exact) mass is 483 g/mol. The van der Waals surface area contributed by atoms with Crippen molar-refractivity contribution in [2.75, 3.05) is 19.5 Å². The molecular weight excluding hydrogens is 454 g/mol. The summed E-state index contributed by atoms with van der Waals surface area (Å²) in [5.74, 6) is 0.0435. The molecule has 3 rings (SSSR count). The molecule has 180 valence electrons. The average molecular weight is 484 g/mol. The Morgan fingerprint density at radius 2 is 1.85 bits per heavy atom. The van der Waals surface area contributed by atoms with Crippen molar-refractivity contribution < 1.29 is 19.1 Å². The first-order chi connectivity index (χ1) is 16.4. The lowest BCUT2D eigenvalue weighted by Gasteiger charge is -2.14. The number of para-hydroxylation sites is 2. The first kappa shape index (κ1) is 25.3. The van der Waals surface area contributed by atoms with Crippen LogP contribution in [0.3, 0.4) is 0 Å². The molecular formula is C25H29N3O5S. The molecule has 34 heavy (non-hydrogen) atoms. The summed E-state index contributed by atoms with van der Waals surface area (Å²) >= 11 is 1.13. The van der Waals surface area contributed by atoms with Crippen molar-refractivity contribution in [3.05, 3.63) is 64.4 Å². The van der Waals surface area contributed by atoms with Gasteiger partial charge < -0.3 is 14.8 Å². The van der Waals surface area contributed by atoms with Gasteiger partial charge in [0.15, 0.2) is 11.8 Å². The maximum atomic E-state index is 13.0. The minimum absolute atomic E-state index is 0.0632. The van der Waals surface area contributed by atoms with Crippen molar-refractivity contribution in [2.45, 2.75) is 38.5 Å². The molecule has 1 heterocycles. The summed E-state index contributed by atoms with van der Waals surface area (Å²) in [5.41, 5.74) is 1.28. The Kier molecular flexibility index (Phi) is 9.09. The molecule has 1 N–H and O–H groups in total. The quantitative estimate of drug-likeness (QED) is 0.253. The second-order valence-electron chi connectivity index (χ2n) is 8.09. The molecule has 1 aromatic heterocycles. The average Bonchev–Trinajstić information content (AvgIpc) is 2.84. The van der Waals surface area contributed by atoms with Crippen LogP contribution in [0.4, 0.5) is 0 Å². The zero-order valence-corrected chi connectivity index (χ0v) is 20.4. The number of fused-ring (bicyclic) bond motifs is 1. The number of rotatable bonds is 11. The zero-order valence-electron chi connectivity index (χ0n) is 19.6. The number of methoxy groups -OCH3 is 1. The van der Waals surface area contributed by atoms with Crippen LogP contribution in [0.25, 0.3) is 10.9 Å². The fraction of sp³-hybridized carbons (Fsp3) is 0.360. The van der Waals surface area contributed by atoms with Gasteiger partial charge in [0.25, 0.3) is 11.5 Å². The smallest absolute Gasteiger partial charge is 0.316 e. The first-order valence-electron chi connectivity index (χ1n) is 11.1. The first-order valence-corrected chi connectivity index (χ1v) is 12.0. The van der Waals surface area contributed by atoms with E-state index in [-0.39, 0.29) is 24.5 Å². The summed E-state index contributed by atoms with van der Waals surface area (Å²) < 4.78 is 12.0. The Morgan fingerprint density at radius 1 is 1.12 bits per heavy atom. The minimum Gasteiger partial charge on any atom is -0.496 e. The highest BCUT2D eigenvalue weighted by molar-refractivity contribution is 7.99. The molecule has 0 radical (unpaired) electrons. The van der Waals surface area contributed by atoms with E-state index in [2.05, 4.69) is 24.1 Å². The lowest BCUT2D eigenvalue weighted by Crippen LogP contribution is -2.29. The molecule has 0 bridgehead atoms. The molecule has 0 aliphatic carbocycles. The molecule has 9 heteroatoms. The van der Waals surface area contributed by atoms with Crippen molar-refractivity contribution in [3.63, 3.8) is 0 Å². The van der Waals surface area contributed by atoms with Crippen LogP contribution in [0.1, 0.15) is 25.8 Å². The van der Waals surface area contributed by atoms with Crippen LogP contribution in [0.2, 0.25) is 0 Å². The van der Waals surface area contributed by atoms with Gasteiger partial charge in [-0.2, -0.15) is 0 Å². The molecule has 0 saturated heterocycles. The second kappa shape index (κ2) is 12.2. The Hall–Kier alpha value is -3.33. The summed E-state index contributed by atoms with van der Waals surface area (Å²) in [7, 11) is 1.56. The van der Waals surface area contributed by atoms with Crippen LogP contribution in [0, 0.1) is 5.92 Å². The number of nitrogens with zero attached hydrogens (tertiary/aromatic N) is 2. The number of nitrogens with one attached hydrogen (secondary N) is 1. The van der Waals surface area contributed by atoms with Crippen molar-refractivity contribution in [1.82, 2.24) is 14.9 Å². The molecule has 8 nitrogen and oxygen atoms in total. The van der Waals surface area contributed by atoms with Crippen molar-refractivity contribution in [2.24, 2.45) is 5.92 Å². The van der Waals surface area contributed by atoms with Crippen molar-refractivity contribution in [1.29, 1.82) is 0 Å². The maximum absolute atomic E-state index is 13.0. The summed E-state index contributed by atoms with van der Waals surface area (Å²) in [6.45, 7) is 4.56. The molecule has 0 aliphatic rings. The van der Waals surface area contributed by atoms with Gasteiger partial charge in [0.1, 0.15) is 5.75 Å². The number of esters is 1. The van der Waals surface area contributed by atoms with Gasteiger partial charge >= 0.3 is 5.97 Å². The number of benzene rings is 2. The van der Waals surface area contributed by atoms with Gasteiger partial charge in [-0.15, -0.1) is 0 Å². The van der Waals surface area contributed by atoms with Gasteiger partial charge in [-0.1, -0.05) is 55.9 Å². The van der Waals surface area contributed by atoms with Crippen molar-refractivity contribution in [3.8, 4) is 5.75 Å². The maximum Gasteiger partial charge on any atom is 0.316 e. The van der Waals surface area contributed by atoms with E-state index in [0.29, 0.717) is 34.3 Å². The highest BCUT2D eigenvalue weighted by atomic mass is 32.2. The van der Waals surface area contributed by atoms with E-state index in [9.17, 15) is 14.4 Å². The van der Waals surface area contributed by atoms with Crippen LogP contribution < -0.4 is 15.6 Å². The highest BCUT2D eigenvalue weighted by Gasteiger charge is 2.15. The number of aromatic nitrogens is 2. The Bertz CT molecular complexity index is 1210. The van der Waals surface area contributed by atoms with Crippen LogP contribution in [0.5, 0.6) is 5.75 Å². The lowest BCUT2D eigenvalue weighted by molar-refractivity contribution is -0.145. The largest absolute Gasteiger partial charge is 0.496 e. The van der Waals surface area contributed by atoms with E-state index < -0.39 is 11.9 Å². The standard InChI is InChI=1S/C25H29N3O5S/c1-17(2)12-13-28-24(31)19-9-5-6-10-20(19)27-25(28)34-16-23(30)33-15-22(29)26-14-18-8-4-7-11-21(18)32-3/h4-11,17H,12-16H2,1-3H3,(H,26,29). The fourth-order valence-electron chi connectivity index (χ4n) is 3.25. The molecule has 0 saturated carbocycles. The predicted octanol–water partition coefficient (Wildman–Crippen LogP) is 3.40. The molecule has 2 aromatic carbocycles. The third kappa shape index (κ3) is 6.84. The second-order valence-corrected chi connectivity index (χ2v) is 9.03. The number of thioether (sulfide) groups is 1. The molecule has 0 unspecified atom stereocenters. The number of amides is 1. The van der Waals surface area contributed by atoms with Gasteiger partial charge in [-0.3, -0.25) is 19.0 Å². The molecule has 0 fully saturated rings. The van der Waals surface area contributed by atoms with Crippen LogP contribution in [-0.4, -0.2) is 40.9 Å². The normalized spacial score (nSPS) is 10.9. The SMILES string of the molecule is COc1ccccc1CNC(=O)COC(=O)CSc1nc2ccccc2c(=O)n1CCC(C)C. The van der Waals surface area contributed by atoms with Crippen molar-refractivity contribution >= 4 is 34.5 Å². The summed E-state index contributed by atoms with van der Waals surface area (Å²) in [5, 5.41) is 3.71. The van der Waals surface area contributed by atoms with E-state index in [1.54, 1.807) is 35.9 Å². The van der Waals surface area contributed by atoms with E-state index in [4.69, 9.17) is 9.47 Å². The van der Waals surface area contributed by atoms with Gasteiger partial charge in [0.2, 0.25) is 0 Å². The predicted molar refractivity (Wildman–Crippen MR) is 132 cm³/mol. The van der Waals surface area contributed by atoms with E-state index in [0.717, 1.165) is 23.7 Å². The third-order valence-corrected chi connectivity index (χ3v) is 6.06. The Morgan fingerprint density at radius 3 is 2.62 bits per heavy atom. The molecule has 0 spiro atoms. The summed E-state index contributed by atoms with van der Waals surface area (Å²) in [4.78, 5) is 41.9. The van der Waals surface area contributed by atoms with Crippen LogP contribution >= 0.6 is 11.8 Å². The molecule has 1 amide bonds. The number of ether oxygens (including phenoxy) is 2.